The van der Waals surface area contributed by atoms with Gasteiger partial charge >= 0.3 is 0 Å². The van der Waals surface area contributed by atoms with Crippen LogP contribution in [0.5, 0.6) is 0 Å². The number of carbonyl (C=O) groups is 1. The van der Waals surface area contributed by atoms with Crippen LogP contribution in [0.1, 0.15) is 31.2 Å². The topological polar surface area (TPSA) is 61.7 Å². The smallest absolute Gasteiger partial charge is 0.225 e. The Bertz CT molecular complexity index is 1270. The summed E-state index contributed by atoms with van der Waals surface area (Å²) in [5.74, 6) is 2.41. The van der Waals surface area contributed by atoms with E-state index in [1.54, 1.807) is 6.33 Å². The minimum atomic E-state index is 0.152. The van der Waals surface area contributed by atoms with Gasteiger partial charge in [-0.2, -0.15) is 0 Å². The number of benzene rings is 2. The van der Waals surface area contributed by atoms with Gasteiger partial charge in [0, 0.05) is 55.2 Å². The summed E-state index contributed by atoms with van der Waals surface area (Å²) in [7, 11) is 0. The van der Waals surface area contributed by atoms with Gasteiger partial charge < -0.3 is 9.80 Å². The Hall–Kier alpha value is -3.28. The number of fused-ring (bicyclic) bond motifs is 1. The number of hydrogen-bond acceptors (Lipinski definition) is 5. The lowest BCUT2D eigenvalue weighted by molar-refractivity contribution is -0.139. The Kier molecular flexibility index (Phi) is 4.14. The molecule has 0 N–H and O–H groups in total. The molecule has 7 rings (SSSR count). The molecule has 6 heteroatoms. The monoisotopic (exact) mass is 437 g/mol. The zero-order valence-corrected chi connectivity index (χ0v) is 18.7. The Labute approximate surface area is 193 Å². The molecule has 2 saturated carbocycles. The lowest BCUT2D eigenvalue weighted by Crippen LogP contribution is -2.54. The van der Waals surface area contributed by atoms with Crippen molar-refractivity contribution in [1.82, 2.24) is 19.8 Å². The maximum absolute atomic E-state index is 12.3. The first-order valence-corrected chi connectivity index (χ1v) is 12.1. The van der Waals surface area contributed by atoms with Crippen molar-refractivity contribution in [2.45, 2.75) is 31.2 Å². The molecule has 4 aliphatic rings. The lowest BCUT2D eigenvalue weighted by atomic mass is 9.98. The third-order valence-corrected chi connectivity index (χ3v) is 7.61. The Morgan fingerprint density at radius 1 is 1.00 bits per heavy atom. The molecular formula is C27H27N5O. The normalized spacial score (nSPS) is 21.4. The van der Waals surface area contributed by atoms with E-state index < -0.39 is 0 Å². The minimum Gasteiger partial charge on any atom is -0.354 e. The predicted molar refractivity (Wildman–Crippen MR) is 128 cm³/mol. The first-order chi connectivity index (χ1) is 16.2. The van der Waals surface area contributed by atoms with E-state index in [1.165, 1.54) is 24.0 Å². The van der Waals surface area contributed by atoms with Crippen LogP contribution in [0.25, 0.3) is 22.0 Å². The highest BCUT2D eigenvalue weighted by Gasteiger charge is 2.50. The fourth-order valence-corrected chi connectivity index (χ4v) is 5.30. The lowest BCUT2D eigenvalue weighted by Gasteiger charge is -2.41. The molecule has 6 nitrogen and oxygen atoms in total. The fourth-order valence-electron chi connectivity index (χ4n) is 5.30. The summed E-state index contributed by atoms with van der Waals surface area (Å²) in [6, 6.07) is 15.1. The van der Waals surface area contributed by atoms with Gasteiger partial charge in [-0.3, -0.25) is 9.79 Å². The number of rotatable bonds is 5. The molecule has 3 fully saturated rings. The Morgan fingerprint density at radius 2 is 1.76 bits per heavy atom. The molecule has 0 atom stereocenters. The molecule has 1 saturated heterocycles. The second kappa shape index (κ2) is 7.11. The summed E-state index contributed by atoms with van der Waals surface area (Å²) in [5, 5.41) is 1.05. The number of aliphatic imine (C=N–C) groups is 1. The summed E-state index contributed by atoms with van der Waals surface area (Å²) in [6.45, 7) is 3.86. The summed E-state index contributed by atoms with van der Waals surface area (Å²) in [4.78, 5) is 30.5. The number of likely N-dealkylation sites (tertiary alicyclic amines) is 1. The van der Waals surface area contributed by atoms with Crippen molar-refractivity contribution in [2.75, 3.05) is 26.2 Å². The van der Waals surface area contributed by atoms with Gasteiger partial charge in [0.25, 0.3) is 0 Å². The van der Waals surface area contributed by atoms with Crippen molar-refractivity contribution in [3.05, 3.63) is 60.6 Å². The maximum Gasteiger partial charge on any atom is 0.225 e. The van der Waals surface area contributed by atoms with Crippen molar-refractivity contribution >= 4 is 22.6 Å². The average Bonchev–Trinajstić information content (AvgIpc) is 3.74. The number of amidine groups is 1. The van der Waals surface area contributed by atoms with Crippen LogP contribution in [0.3, 0.4) is 0 Å². The minimum absolute atomic E-state index is 0.152. The zero-order valence-electron chi connectivity index (χ0n) is 18.7. The van der Waals surface area contributed by atoms with Crippen LogP contribution in [0.15, 0.2) is 60.0 Å². The average molecular weight is 438 g/mol. The molecule has 2 aliphatic heterocycles. The van der Waals surface area contributed by atoms with E-state index in [0.29, 0.717) is 17.7 Å². The van der Waals surface area contributed by atoms with E-state index in [2.05, 4.69) is 62.2 Å². The van der Waals surface area contributed by atoms with Gasteiger partial charge in [-0.1, -0.05) is 36.4 Å². The highest BCUT2D eigenvalue weighted by atomic mass is 16.2. The van der Waals surface area contributed by atoms with Crippen molar-refractivity contribution < 1.29 is 4.79 Å². The molecule has 3 aromatic rings. The van der Waals surface area contributed by atoms with E-state index in [9.17, 15) is 4.79 Å². The molecule has 1 aromatic heterocycles. The van der Waals surface area contributed by atoms with Crippen LogP contribution >= 0.6 is 0 Å². The molecule has 2 aliphatic carbocycles. The van der Waals surface area contributed by atoms with Crippen LogP contribution < -0.4 is 0 Å². The van der Waals surface area contributed by atoms with E-state index >= 15 is 0 Å². The van der Waals surface area contributed by atoms with Gasteiger partial charge in [0.15, 0.2) is 0 Å². The zero-order chi connectivity index (χ0) is 22.0. The number of nitrogens with zero attached hydrogens (tertiary/aromatic N) is 5. The Morgan fingerprint density at radius 3 is 2.52 bits per heavy atom. The fraction of sp³-hybridized carbons (Fsp3) is 0.407. The first-order valence-electron chi connectivity index (χ1n) is 12.1. The molecule has 33 heavy (non-hydrogen) atoms. The highest BCUT2D eigenvalue weighted by molar-refractivity contribution is 6.01. The van der Waals surface area contributed by atoms with E-state index in [1.807, 2.05) is 6.20 Å². The largest absolute Gasteiger partial charge is 0.354 e. The Balaban J connectivity index is 1.08. The quantitative estimate of drug-likeness (QED) is 0.610. The number of aromatic nitrogens is 2. The number of amides is 1. The molecule has 1 amide bonds. The van der Waals surface area contributed by atoms with E-state index in [0.717, 1.165) is 61.3 Å². The van der Waals surface area contributed by atoms with Crippen LogP contribution in [0, 0.1) is 11.8 Å². The summed E-state index contributed by atoms with van der Waals surface area (Å²) in [5.41, 5.74) is 4.64. The van der Waals surface area contributed by atoms with Gasteiger partial charge in [-0.15, -0.1) is 0 Å². The molecule has 3 heterocycles. The predicted octanol–water partition coefficient (Wildman–Crippen LogP) is 3.76. The van der Waals surface area contributed by atoms with Crippen molar-refractivity contribution in [2.24, 2.45) is 16.8 Å². The maximum atomic E-state index is 12.3. The highest BCUT2D eigenvalue weighted by Crippen LogP contribution is 2.45. The number of hydrogen-bond donors (Lipinski definition) is 0. The van der Waals surface area contributed by atoms with E-state index in [4.69, 9.17) is 4.99 Å². The molecule has 2 aromatic carbocycles. The van der Waals surface area contributed by atoms with Gasteiger partial charge in [0.1, 0.15) is 12.2 Å². The first kappa shape index (κ1) is 19.2. The summed E-state index contributed by atoms with van der Waals surface area (Å²) < 4.78 is 0. The van der Waals surface area contributed by atoms with Crippen molar-refractivity contribution in [1.29, 1.82) is 0 Å². The summed E-state index contributed by atoms with van der Waals surface area (Å²) >= 11 is 0. The van der Waals surface area contributed by atoms with Crippen molar-refractivity contribution in [3.63, 3.8) is 0 Å². The van der Waals surface area contributed by atoms with Gasteiger partial charge in [-0.25, -0.2) is 9.97 Å². The molecule has 1 spiro atoms. The molecule has 0 bridgehead atoms. The van der Waals surface area contributed by atoms with Crippen LogP contribution in [0.2, 0.25) is 0 Å². The molecule has 0 unspecified atom stereocenters. The second-order valence-corrected chi connectivity index (χ2v) is 10.3. The van der Waals surface area contributed by atoms with Gasteiger partial charge in [-0.05, 0) is 42.9 Å². The number of carbonyl (C=O) groups excluding carboxylic acids is 1. The second-order valence-electron chi connectivity index (χ2n) is 10.3. The van der Waals surface area contributed by atoms with Crippen LogP contribution in [-0.2, 0) is 4.79 Å². The molecular weight excluding hydrogens is 410 g/mol. The van der Waals surface area contributed by atoms with Crippen molar-refractivity contribution in [3.8, 4) is 11.1 Å². The van der Waals surface area contributed by atoms with E-state index in [-0.39, 0.29) is 5.54 Å². The third-order valence-electron chi connectivity index (χ3n) is 7.61. The standard InChI is InChI=1S/C27H27N5O/c33-26(21-5-6-21)31-13-18(14-31)15-32-16-27(9-10-27)30-25(32)20-3-1-19(2-4-20)22-7-8-23-12-28-17-29-24(23)11-22/h1-4,7-8,11-12,17-18,21H,5-6,9-10,13-16H2. The van der Waals surface area contributed by atoms with Gasteiger partial charge in [0.05, 0.1) is 11.1 Å². The molecule has 0 radical (unpaired) electrons. The van der Waals surface area contributed by atoms with Crippen LogP contribution in [-0.4, -0.2) is 63.2 Å². The SMILES string of the molecule is O=C(C1CC1)N1CC(CN2CC3(CC3)N=C2c2ccc(-c3ccc4cncnc4c3)cc2)C1. The summed E-state index contributed by atoms with van der Waals surface area (Å²) in [6.07, 6.45) is 8.02. The van der Waals surface area contributed by atoms with Crippen LogP contribution in [0.4, 0.5) is 0 Å². The van der Waals surface area contributed by atoms with Gasteiger partial charge in [0.2, 0.25) is 5.91 Å². The third kappa shape index (κ3) is 3.48. The molecule has 166 valence electrons.